The molecule has 0 aliphatic heterocycles. The standard InChI is InChI=1S/C26H33FN4O3S2/c1-19-6-8-22(9-7-19)35-18-21(12-15-31(2)3)29-24-11-10-23(16-20(24)17-28)36(33,34)30-25(32)26(27)13-4-5-14-26/h6-11,16,21,29H,4-5,12-15,18H2,1-3H3,(H,30,32)/t21-/m1/s1. The number of halogens is 1. The molecule has 36 heavy (non-hydrogen) atoms. The number of nitrogens with zero attached hydrogens (tertiary/aromatic N) is 2. The molecule has 0 heterocycles. The Kier molecular flexibility index (Phi) is 9.39. The molecule has 0 bridgehead atoms. The Morgan fingerprint density at radius 1 is 1.19 bits per heavy atom. The number of hydrogen-bond acceptors (Lipinski definition) is 7. The van der Waals surface area contributed by atoms with Crippen LogP contribution >= 0.6 is 11.8 Å². The Bertz CT molecular complexity index is 1200. The van der Waals surface area contributed by atoms with Crippen LogP contribution in [0.1, 0.15) is 43.2 Å². The molecule has 0 radical (unpaired) electrons. The quantitative estimate of drug-likeness (QED) is 0.412. The van der Waals surface area contributed by atoms with E-state index in [-0.39, 0.29) is 29.3 Å². The Hall–Kier alpha value is -2.61. The Labute approximate surface area is 217 Å². The van der Waals surface area contributed by atoms with E-state index in [1.165, 1.54) is 23.8 Å². The van der Waals surface area contributed by atoms with Gasteiger partial charge in [-0.05, 0) is 90.0 Å². The molecular formula is C26H33FN4O3S2. The average molecular weight is 533 g/mol. The van der Waals surface area contributed by atoms with E-state index in [0.717, 1.165) is 23.6 Å². The van der Waals surface area contributed by atoms with Gasteiger partial charge in [-0.25, -0.2) is 17.5 Å². The largest absolute Gasteiger partial charge is 0.380 e. The Morgan fingerprint density at radius 2 is 1.86 bits per heavy atom. The zero-order valence-corrected chi connectivity index (χ0v) is 22.5. The lowest BCUT2D eigenvalue weighted by atomic mass is 10.1. The normalized spacial score (nSPS) is 15.9. The van der Waals surface area contributed by atoms with Crippen molar-refractivity contribution in [2.75, 3.05) is 31.7 Å². The van der Waals surface area contributed by atoms with Gasteiger partial charge in [-0.15, -0.1) is 11.8 Å². The fourth-order valence-corrected chi connectivity index (χ4v) is 6.04. The summed E-state index contributed by atoms with van der Waals surface area (Å²) in [4.78, 5) is 15.3. The number of nitrogens with one attached hydrogen (secondary N) is 2. The van der Waals surface area contributed by atoms with Gasteiger partial charge in [0.05, 0.1) is 16.1 Å². The summed E-state index contributed by atoms with van der Waals surface area (Å²) in [6, 6.07) is 14.4. The third-order valence-corrected chi connectivity index (χ3v) is 8.71. The van der Waals surface area contributed by atoms with Crippen LogP contribution in [-0.4, -0.2) is 57.3 Å². The predicted molar refractivity (Wildman–Crippen MR) is 141 cm³/mol. The summed E-state index contributed by atoms with van der Waals surface area (Å²) in [5.74, 6) is -0.395. The van der Waals surface area contributed by atoms with Crippen LogP contribution in [0.3, 0.4) is 0 Å². The lowest BCUT2D eigenvalue weighted by Gasteiger charge is -2.23. The molecule has 2 aromatic carbocycles. The predicted octanol–water partition coefficient (Wildman–Crippen LogP) is 4.48. The summed E-state index contributed by atoms with van der Waals surface area (Å²) < 4.78 is 42.1. The number of carbonyl (C=O) groups excluding carboxylic acids is 1. The SMILES string of the molecule is Cc1ccc(SC[C@@H](CCN(C)C)Nc2ccc(S(=O)(=O)NC(=O)C3(F)CCCC3)cc2C#N)cc1. The second-order valence-corrected chi connectivity index (χ2v) is 12.3. The van der Waals surface area contributed by atoms with Crippen molar-refractivity contribution >= 4 is 33.4 Å². The van der Waals surface area contributed by atoms with Crippen molar-refractivity contribution in [3.05, 3.63) is 53.6 Å². The first kappa shape index (κ1) is 28.0. The highest BCUT2D eigenvalue weighted by molar-refractivity contribution is 7.99. The molecule has 3 rings (SSSR count). The Morgan fingerprint density at radius 3 is 2.47 bits per heavy atom. The van der Waals surface area contributed by atoms with E-state index < -0.39 is 21.6 Å². The number of rotatable bonds is 11. The van der Waals surface area contributed by atoms with Crippen LogP contribution in [0.5, 0.6) is 0 Å². The molecule has 0 spiro atoms. The van der Waals surface area contributed by atoms with Crippen molar-refractivity contribution < 1.29 is 17.6 Å². The number of anilines is 1. The monoisotopic (exact) mass is 532 g/mol. The molecule has 0 saturated heterocycles. The minimum Gasteiger partial charge on any atom is -0.380 e. The lowest BCUT2D eigenvalue weighted by Crippen LogP contribution is -2.44. The summed E-state index contributed by atoms with van der Waals surface area (Å²) in [6.07, 6.45) is 1.91. The van der Waals surface area contributed by atoms with Crippen LogP contribution in [0.4, 0.5) is 10.1 Å². The highest BCUT2D eigenvalue weighted by atomic mass is 32.2. The van der Waals surface area contributed by atoms with Gasteiger partial charge in [0.25, 0.3) is 15.9 Å². The maximum absolute atomic E-state index is 14.7. The van der Waals surface area contributed by atoms with Crippen molar-refractivity contribution in [1.29, 1.82) is 5.26 Å². The van der Waals surface area contributed by atoms with Gasteiger partial charge in [-0.1, -0.05) is 17.7 Å². The van der Waals surface area contributed by atoms with Gasteiger partial charge in [0.15, 0.2) is 5.67 Å². The summed E-state index contributed by atoms with van der Waals surface area (Å²) in [6.45, 7) is 2.87. The fraction of sp³-hybridized carbons (Fsp3) is 0.462. The van der Waals surface area contributed by atoms with Crippen LogP contribution < -0.4 is 10.0 Å². The third kappa shape index (κ3) is 7.45. The van der Waals surface area contributed by atoms with E-state index >= 15 is 0 Å². The van der Waals surface area contributed by atoms with Gasteiger partial charge in [0, 0.05) is 16.7 Å². The number of benzene rings is 2. The number of carbonyl (C=O) groups is 1. The molecule has 0 unspecified atom stereocenters. The molecule has 1 saturated carbocycles. The van der Waals surface area contributed by atoms with Gasteiger partial charge >= 0.3 is 0 Å². The summed E-state index contributed by atoms with van der Waals surface area (Å²) in [5, 5.41) is 13.1. The minimum absolute atomic E-state index is 0.00952. The smallest absolute Gasteiger partial charge is 0.271 e. The Balaban J connectivity index is 1.75. The van der Waals surface area contributed by atoms with E-state index in [2.05, 4.69) is 34.5 Å². The van der Waals surface area contributed by atoms with Gasteiger partial charge < -0.3 is 10.2 Å². The molecule has 7 nitrogen and oxygen atoms in total. The lowest BCUT2D eigenvalue weighted by molar-refractivity contribution is -0.130. The number of hydrogen-bond donors (Lipinski definition) is 2. The molecule has 1 aliphatic rings. The molecule has 0 aromatic heterocycles. The zero-order chi connectivity index (χ0) is 26.3. The molecule has 194 valence electrons. The van der Waals surface area contributed by atoms with Crippen LogP contribution in [0.2, 0.25) is 0 Å². The molecule has 2 aromatic rings. The van der Waals surface area contributed by atoms with Crippen LogP contribution in [0.25, 0.3) is 0 Å². The first-order valence-corrected chi connectivity index (χ1v) is 14.4. The van der Waals surface area contributed by atoms with Crippen LogP contribution in [0, 0.1) is 18.3 Å². The van der Waals surface area contributed by atoms with Crippen molar-refractivity contribution in [3.63, 3.8) is 0 Å². The van der Waals surface area contributed by atoms with Gasteiger partial charge in [0.1, 0.15) is 6.07 Å². The number of alkyl halides is 1. The van der Waals surface area contributed by atoms with Gasteiger partial charge in [0.2, 0.25) is 0 Å². The maximum atomic E-state index is 14.7. The molecule has 1 aliphatic carbocycles. The molecule has 10 heteroatoms. The number of aryl methyl sites for hydroxylation is 1. The second kappa shape index (κ2) is 12.1. The van der Waals surface area contributed by atoms with Crippen molar-refractivity contribution in [2.45, 2.75) is 60.5 Å². The van der Waals surface area contributed by atoms with Gasteiger partial charge in [-0.3, -0.25) is 4.79 Å². The number of nitriles is 1. The zero-order valence-electron chi connectivity index (χ0n) is 20.9. The van der Waals surface area contributed by atoms with E-state index in [1.807, 2.05) is 31.8 Å². The average Bonchev–Trinajstić information content (AvgIpc) is 3.29. The van der Waals surface area contributed by atoms with Crippen molar-refractivity contribution in [1.82, 2.24) is 9.62 Å². The van der Waals surface area contributed by atoms with E-state index in [9.17, 15) is 22.9 Å². The first-order chi connectivity index (χ1) is 17.0. The number of sulfonamides is 1. The van der Waals surface area contributed by atoms with Crippen molar-refractivity contribution in [2.24, 2.45) is 0 Å². The second-order valence-electron chi connectivity index (χ2n) is 9.48. The van der Waals surface area contributed by atoms with E-state index in [4.69, 9.17) is 0 Å². The third-order valence-electron chi connectivity index (χ3n) is 6.21. The summed E-state index contributed by atoms with van der Waals surface area (Å²) >= 11 is 1.70. The summed E-state index contributed by atoms with van der Waals surface area (Å²) in [7, 11) is -0.329. The highest BCUT2D eigenvalue weighted by Gasteiger charge is 2.43. The minimum atomic E-state index is -4.31. The number of amides is 1. The van der Waals surface area contributed by atoms with E-state index in [0.29, 0.717) is 18.5 Å². The molecule has 1 amide bonds. The van der Waals surface area contributed by atoms with Crippen molar-refractivity contribution in [3.8, 4) is 6.07 Å². The van der Waals surface area contributed by atoms with Crippen LogP contribution in [0.15, 0.2) is 52.3 Å². The van der Waals surface area contributed by atoms with Crippen LogP contribution in [-0.2, 0) is 14.8 Å². The number of thioether (sulfide) groups is 1. The topological polar surface area (TPSA) is 102 Å². The molecule has 1 atom stereocenters. The molecule has 1 fully saturated rings. The molecular weight excluding hydrogens is 499 g/mol. The summed E-state index contributed by atoms with van der Waals surface area (Å²) in [5.41, 5.74) is -0.330. The van der Waals surface area contributed by atoms with E-state index in [1.54, 1.807) is 11.8 Å². The first-order valence-electron chi connectivity index (χ1n) is 11.9. The highest BCUT2D eigenvalue weighted by Crippen LogP contribution is 2.34. The van der Waals surface area contributed by atoms with Gasteiger partial charge in [-0.2, -0.15) is 5.26 Å². The fourth-order valence-electron chi connectivity index (χ4n) is 4.01. The molecule has 2 N–H and O–H groups in total. The maximum Gasteiger partial charge on any atom is 0.271 e.